The predicted molar refractivity (Wildman–Crippen MR) is 137 cm³/mol. The normalized spacial score (nSPS) is 18.4. The molecule has 8 nitrogen and oxygen atoms in total. The average Bonchev–Trinajstić information content (AvgIpc) is 3.46. The Bertz CT molecular complexity index is 1340. The third-order valence-corrected chi connectivity index (χ3v) is 7.73. The highest BCUT2D eigenvalue weighted by atomic mass is 32.1. The maximum absolute atomic E-state index is 13.2. The second kappa shape index (κ2) is 8.48. The molecular weight excluding hydrogens is 434 g/mol. The second-order valence-corrected chi connectivity index (χ2v) is 10.0. The highest BCUT2D eigenvalue weighted by molar-refractivity contribution is 7.16. The number of hydrogen-bond donors (Lipinski definition) is 4. The number of fused-ring (bicyclic) bond motifs is 2. The van der Waals surface area contributed by atoms with Crippen LogP contribution in [-0.2, 0) is 0 Å². The van der Waals surface area contributed by atoms with Crippen LogP contribution in [0.3, 0.4) is 0 Å². The van der Waals surface area contributed by atoms with Gasteiger partial charge in [0.2, 0.25) is 0 Å². The quantitative estimate of drug-likeness (QED) is 0.372. The van der Waals surface area contributed by atoms with Crippen molar-refractivity contribution in [2.24, 2.45) is 0 Å². The number of rotatable bonds is 4. The highest BCUT2D eigenvalue weighted by Gasteiger charge is 2.22. The van der Waals surface area contributed by atoms with Gasteiger partial charge in [-0.05, 0) is 62.6 Å². The van der Waals surface area contributed by atoms with Gasteiger partial charge in [0.25, 0.3) is 5.56 Å². The number of pyridine rings is 1. The molecule has 0 saturated carbocycles. The molecule has 0 bridgehead atoms. The van der Waals surface area contributed by atoms with Gasteiger partial charge >= 0.3 is 0 Å². The van der Waals surface area contributed by atoms with Crippen molar-refractivity contribution < 1.29 is 0 Å². The number of benzene rings is 1. The molecule has 0 spiro atoms. The second-order valence-electron chi connectivity index (χ2n) is 9.11. The van der Waals surface area contributed by atoms with E-state index in [4.69, 9.17) is 4.98 Å². The average molecular weight is 464 g/mol. The Kier molecular flexibility index (Phi) is 5.32. The van der Waals surface area contributed by atoms with Gasteiger partial charge in [-0.25, -0.2) is 4.98 Å². The van der Waals surface area contributed by atoms with Gasteiger partial charge in [-0.15, -0.1) is 11.3 Å². The number of imidazole rings is 1. The van der Waals surface area contributed by atoms with Gasteiger partial charge in [0.1, 0.15) is 16.2 Å². The number of likely N-dealkylation sites (N-methyl/N-ethyl adjacent to an activating group) is 1. The molecule has 3 aromatic heterocycles. The Hall–Kier alpha value is -2.88. The summed E-state index contributed by atoms with van der Waals surface area (Å²) >= 11 is 1.56. The van der Waals surface area contributed by atoms with Gasteiger partial charge in [0, 0.05) is 43.3 Å². The monoisotopic (exact) mass is 463 g/mol. The summed E-state index contributed by atoms with van der Waals surface area (Å²) in [4.78, 5) is 30.3. The number of piperazine rings is 1. The van der Waals surface area contributed by atoms with E-state index in [-0.39, 0.29) is 5.56 Å². The number of anilines is 2. The number of aromatic amines is 2. The van der Waals surface area contributed by atoms with E-state index >= 15 is 0 Å². The Morgan fingerprint density at radius 1 is 1.09 bits per heavy atom. The summed E-state index contributed by atoms with van der Waals surface area (Å²) in [7, 11) is 2.17. The lowest BCUT2D eigenvalue weighted by atomic mass is 10.0. The van der Waals surface area contributed by atoms with Crippen LogP contribution in [0, 0.1) is 0 Å². The fourth-order valence-electron chi connectivity index (χ4n) is 4.94. The maximum atomic E-state index is 13.2. The smallest absolute Gasteiger partial charge is 0.262 e. The molecular formula is C24H29N7OS. The topological polar surface area (TPSA) is 92.1 Å². The fraction of sp³-hybridized carbons (Fsp3) is 0.417. The van der Waals surface area contributed by atoms with Crippen molar-refractivity contribution in [2.75, 3.05) is 56.5 Å². The largest absolute Gasteiger partial charge is 0.381 e. The van der Waals surface area contributed by atoms with Crippen LogP contribution < -0.4 is 21.1 Å². The van der Waals surface area contributed by atoms with Gasteiger partial charge in [-0.3, -0.25) is 4.79 Å². The summed E-state index contributed by atoms with van der Waals surface area (Å²) in [6.07, 6.45) is 2.07. The van der Waals surface area contributed by atoms with Crippen LogP contribution in [0.2, 0.25) is 0 Å². The Labute approximate surface area is 196 Å². The first-order valence-corrected chi connectivity index (χ1v) is 12.6. The molecule has 4 N–H and O–H groups in total. The first kappa shape index (κ1) is 20.7. The van der Waals surface area contributed by atoms with Crippen LogP contribution in [0.5, 0.6) is 0 Å². The first-order chi connectivity index (χ1) is 16.2. The molecule has 0 amide bonds. The summed E-state index contributed by atoms with van der Waals surface area (Å²) in [6, 6.07) is 8.77. The van der Waals surface area contributed by atoms with Crippen LogP contribution in [0.25, 0.3) is 32.6 Å². The van der Waals surface area contributed by atoms with Gasteiger partial charge in [-0.1, -0.05) is 0 Å². The van der Waals surface area contributed by atoms with E-state index in [1.165, 1.54) is 5.69 Å². The standard InChI is InChI=1S/C24H29N7OS/c1-30-9-11-31(12-10-30)16-2-3-18-19(14-16)28-22(27-18)20-21(26-15-4-7-25-8-5-15)17-6-13-33-24(17)29-23(20)32/h2-3,6,13-15,25H,4-5,7-12H2,1H3,(H,27,28)(H2,26,29,32). The zero-order valence-electron chi connectivity index (χ0n) is 18.8. The predicted octanol–water partition coefficient (Wildman–Crippen LogP) is 3.05. The van der Waals surface area contributed by atoms with Gasteiger partial charge in [-0.2, -0.15) is 0 Å². The van der Waals surface area contributed by atoms with Gasteiger partial charge in [0.15, 0.2) is 0 Å². The van der Waals surface area contributed by atoms with Crippen molar-refractivity contribution >= 4 is 44.0 Å². The van der Waals surface area contributed by atoms with E-state index in [9.17, 15) is 4.79 Å². The minimum Gasteiger partial charge on any atom is -0.381 e. The van der Waals surface area contributed by atoms with Gasteiger partial charge in [0.05, 0.1) is 16.7 Å². The zero-order valence-corrected chi connectivity index (χ0v) is 19.6. The molecule has 0 radical (unpaired) electrons. The zero-order chi connectivity index (χ0) is 22.4. The van der Waals surface area contributed by atoms with E-state index in [1.54, 1.807) is 11.3 Å². The number of nitrogens with one attached hydrogen (secondary N) is 4. The van der Waals surface area contributed by atoms with E-state index < -0.39 is 0 Å². The summed E-state index contributed by atoms with van der Waals surface area (Å²) in [5, 5.41) is 10.2. The van der Waals surface area contributed by atoms with E-state index in [0.717, 1.165) is 79.0 Å². The molecule has 2 fully saturated rings. The Morgan fingerprint density at radius 2 is 1.91 bits per heavy atom. The lowest BCUT2D eigenvalue weighted by molar-refractivity contribution is 0.313. The molecule has 6 rings (SSSR count). The molecule has 172 valence electrons. The number of thiophene rings is 1. The van der Waals surface area contributed by atoms with Crippen molar-refractivity contribution in [3.8, 4) is 11.4 Å². The first-order valence-electron chi connectivity index (χ1n) is 11.7. The highest BCUT2D eigenvalue weighted by Crippen LogP contribution is 2.34. The molecule has 0 aliphatic carbocycles. The number of aromatic nitrogens is 3. The molecule has 5 heterocycles. The minimum atomic E-state index is -0.111. The molecule has 2 aliphatic heterocycles. The van der Waals surface area contributed by atoms with E-state index in [2.05, 4.69) is 61.7 Å². The molecule has 0 unspecified atom stereocenters. The van der Waals surface area contributed by atoms with Crippen LogP contribution in [-0.4, -0.2) is 72.2 Å². The fourth-order valence-corrected chi connectivity index (χ4v) is 5.73. The van der Waals surface area contributed by atoms with Crippen molar-refractivity contribution in [1.82, 2.24) is 25.2 Å². The van der Waals surface area contributed by atoms with E-state index in [0.29, 0.717) is 17.4 Å². The third kappa shape index (κ3) is 3.90. The number of piperidine rings is 1. The lowest BCUT2D eigenvalue weighted by Crippen LogP contribution is -2.44. The summed E-state index contributed by atoms with van der Waals surface area (Å²) < 4.78 is 0. The number of hydrogen-bond acceptors (Lipinski definition) is 7. The Balaban J connectivity index is 1.41. The molecule has 4 aromatic rings. The van der Waals surface area contributed by atoms with Crippen molar-refractivity contribution in [3.05, 3.63) is 40.0 Å². The van der Waals surface area contributed by atoms with Crippen molar-refractivity contribution in [3.63, 3.8) is 0 Å². The third-order valence-electron chi connectivity index (χ3n) is 6.90. The Morgan fingerprint density at radius 3 is 2.73 bits per heavy atom. The number of nitrogens with zero attached hydrogens (tertiary/aromatic N) is 3. The molecule has 33 heavy (non-hydrogen) atoms. The number of H-pyrrole nitrogens is 2. The molecule has 9 heteroatoms. The van der Waals surface area contributed by atoms with Crippen LogP contribution in [0.15, 0.2) is 34.4 Å². The molecule has 2 saturated heterocycles. The summed E-state index contributed by atoms with van der Waals surface area (Å²) in [5.41, 5.74) is 4.40. The summed E-state index contributed by atoms with van der Waals surface area (Å²) in [6.45, 7) is 6.14. The minimum absolute atomic E-state index is 0.111. The van der Waals surface area contributed by atoms with Crippen molar-refractivity contribution in [2.45, 2.75) is 18.9 Å². The van der Waals surface area contributed by atoms with Gasteiger partial charge < -0.3 is 30.4 Å². The summed E-state index contributed by atoms with van der Waals surface area (Å²) in [5.74, 6) is 0.617. The SMILES string of the molecule is CN1CCN(c2ccc3nc(-c4c(NC5CCNCC5)c5ccsc5[nH]c4=O)[nH]c3c2)CC1. The molecule has 0 atom stereocenters. The molecule has 1 aromatic carbocycles. The van der Waals surface area contributed by atoms with Crippen LogP contribution >= 0.6 is 11.3 Å². The molecule has 2 aliphatic rings. The van der Waals surface area contributed by atoms with Crippen LogP contribution in [0.4, 0.5) is 11.4 Å². The van der Waals surface area contributed by atoms with Crippen molar-refractivity contribution in [1.29, 1.82) is 0 Å². The maximum Gasteiger partial charge on any atom is 0.262 e. The lowest BCUT2D eigenvalue weighted by Gasteiger charge is -2.34. The van der Waals surface area contributed by atoms with Crippen LogP contribution in [0.1, 0.15) is 12.8 Å². The van der Waals surface area contributed by atoms with E-state index in [1.807, 2.05) is 5.38 Å².